The topological polar surface area (TPSA) is 78.9 Å². The molecule has 0 unspecified atom stereocenters. The molecule has 1 saturated heterocycles. The molecule has 2 aliphatic rings. The first-order valence-corrected chi connectivity index (χ1v) is 10.8. The van der Waals surface area contributed by atoms with Gasteiger partial charge in [0.1, 0.15) is 23.6 Å². The summed E-state index contributed by atoms with van der Waals surface area (Å²) in [7, 11) is 0. The summed E-state index contributed by atoms with van der Waals surface area (Å²) < 4.78 is 20.2. The van der Waals surface area contributed by atoms with E-state index in [-0.39, 0.29) is 30.4 Å². The van der Waals surface area contributed by atoms with Gasteiger partial charge in [-0.1, -0.05) is 12.1 Å². The molecule has 0 N–H and O–H groups in total. The molecule has 3 amide bonds. The number of anilines is 2. The molecule has 0 atom stereocenters. The number of benzene rings is 1. The third kappa shape index (κ3) is 4.24. The first-order valence-electron chi connectivity index (χ1n) is 10.8. The molecule has 9 heteroatoms. The summed E-state index contributed by atoms with van der Waals surface area (Å²) in [6.45, 7) is 8.40. The van der Waals surface area contributed by atoms with Crippen LogP contribution in [0, 0.1) is 12.7 Å². The van der Waals surface area contributed by atoms with Gasteiger partial charge in [-0.05, 0) is 52.2 Å². The van der Waals surface area contributed by atoms with Gasteiger partial charge in [0, 0.05) is 30.9 Å². The number of piperidine rings is 1. The second-order valence-corrected chi connectivity index (χ2v) is 9.21. The third-order valence-electron chi connectivity index (χ3n) is 5.70. The van der Waals surface area contributed by atoms with E-state index in [0.717, 1.165) is 5.56 Å². The molecule has 1 aromatic heterocycles. The van der Waals surface area contributed by atoms with Gasteiger partial charge in [-0.15, -0.1) is 0 Å². The van der Waals surface area contributed by atoms with Crippen LogP contribution in [0.15, 0.2) is 30.7 Å². The molecule has 3 heterocycles. The first-order chi connectivity index (χ1) is 15.2. The number of aryl methyl sites for hydroxylation is 1. The van der Waals surface area contributed by atoms with Crippen molar-refractivity contribution in [2.45, 2.75) is 58.7 Å². The monoisotopic (exact) mass is 441 g/mol. The Labute approximate surface area is 187 Å². The number of amides is 3. The number of likely N-dealkylation sites (tertiary alicyclic amines) is 1. The standard InChI is InChI=1S/C23H28FN5O3/c1-15-6-5-7-18(24)19(15)28-13-16-12-25-14-26-20(16)29(21(28)30)17-8-10-27(11-9-17)22(31)32-23(2,3)4/h5-7,12,14,17H,8-11,13H2,1-4H3. The fraction of sp³-hybridized carbons (Fsp3) is 0.478. The number of hydrogen-bond acceptors (Lipinski definition) is 5. The number of halogens is 1. The summed E-state index contributed by atoms with van der Waals surface area (Å²) >= 11 is 0. The molecular formula is C23H28FN5O3. The van der Waals surface area contributed by atoms with Gasteiger partial charge < -0.3 is 9.64 Å². The van der Waals surface area contributed by atoms with E-state index in [4.69, 9.17) is 4.74 Å². The summed E-state index contributed by atoms with van der Waals surface area (Å²) in [6, 6.07) is 4.27. The molecule has 8 nitrogen and oxygen atoms in total. The highest BCUT2D eigenvalue weighted by Crippen LogP contribution is 2.36. The van der Waals surface area contributed by atoms with Gasteiger partial charge in [-0.3, -0.25) is 9.80 Å². The minimum absolute atomic E-state index is 0.176. The summed E-state index contributed by atoms with van der Waals surface area (Å²) in [5.41, 5.74) is 1.14. The molecule has 1 aromatic carbocycles. The number of urea groups is 1. The fourth-order valence-electron chi connectivity index (χ4n) is 4.24. The SMILES string of the molecule is Cc1cccc(F)c1N1Cc2cncnc2N(C2CCN(C(=O)OC(C)(C)C)CC2)C1=O. The van der Waals surface area contributed by atoms with E-state index in [2.05, 4.69) is 9.97 Å². The van der Waals surface area contributed by atoms with Gasteiger partial charge in [-0.2, -0.15) is 0 Å². The van der Waals surface area contributed by atoms with Crippen LogP contribution in [-0.4, -0.2) is 51.7 Å². The van der Waals surface area contributed by atoms with Crippen molar-refractivity contribution in [1.82, 2.24) is 14.9 Å². The van der Waals surface area contributed by atoms with E-state index in [9.17, 15) is 14.0 Å². The highest BCUT2D eigenvalue weighted by atomic mass is 19.1. The zero-order valence-corrected chi connectivity index (χ0v) is 18.8. The number of nitrogens with zero attached hydrogens (tertiary/aromatic N) is 5. The van der Waals surface area contributed by atoms with E-state index in [1.807, 2.05) is 20.8 Å². The van der Waals surface area contributed by atoms with Crippen molar-refractivity contribution in [3.63, 3.8) is 0 Å². The van der Waals surface area contributed by atoms with Crippen LogP contribution in [0.4, 0.5) is 25.5 Å². The van der Waals surface area contributed by atoms with E-state index in [1.54, 1.807) is 35.1 Å². The average molecular weight is 442 g/mol. The van der Waals surface area contributed by atoms with Crippen LogP contribution in [0.2, 0.25) is 0 Å². The van der Waals surface area contributed by atoms with Crippen molar-refractivity contribution in [2.24, 2.45) is 0 Å². The number of rotatable bonds is 2. The second kappa shape index (κ2) is 8.37. The fourth-order valence-corrected chi connectivity index (χ4v) is 4.24. The van der Waals surface area contributed by atoms with Gasteiger partial charge in [0.2, 0.25) is 0 Å². The molecule has 170 valence electrons. The highest BCUT2D eigenvalue weighted by molar-refractivity contribution is 6.06. The minimum atomic E-state index is -0.565. The number of ether oxygens (including phenoxy) is 1. The highest BCUT2D eigenvalue weighted by Gasteiger charge is 2.40. The molecule has 0 bridgehead atoms. The molecule has 1 fully saturated rings. The summed E-state index contributed by atoms with van der Waals surface area (Å²) in [5.74, 6) is 0.101. The maximum Gasteiger partial charge on any atom is 0.410 e. The van der Waals surface area contributed by atoms with Gasteiger partial charge in [-0.25, -0.2) is 23.9 Å². The summed E-state index contributed by atoms with van der Waals surface area (Å²) in [5, 5.41) is 0. The Hall–Kier alpha value is -3.23. The molecule has 32 heavy (non-hydrogen) atoms. The maximum absolute atomic E-state index is 14.7. The Bertz CT molecular complexity index is 1010. The van der Waals surface area contributed by atoms with E-state index in [0.29, 0.717) is 37.3 Å². The summed E-state index contributed by atoms with van der Waals surface area (Å²) in [4.78, 5) is 39.3. The van der Waals surface area contributed by atoms with E-state index in [1.165, 1.54) is 17.3 Å². The lowest BCUT2D eigenvalue weighted by molar-refractivity contribution is 0.0206. The van der Waals surface area contributed by atoms with Gasteiger partial charge in [0.05, 0.1) is 12.2 Å². The number of carbonyl (C=O) groups excluding carboxylic acids is 2. The van der Waals surface area contributed by atoms with E-state index >= 15 is 0 Å². The van der Waals surface area contributed by atoms with Crippen molar-refractivity contribution >= 4 is 23.6 Å². The molecule has 2 aromatic rings. The van der Waals surface area contributed by atoms with Crippen molar-refractivity contribution in [1.29, 1.82) is 0 Å². The van der Waals surface area contributed by atoms with Crippen molar-refractivity contribution < 1.29 is 18.7 Å². The Kier molecular flexibility index (Phi) is 5.75. The van der Waals surface area contributed by atoms with E-state index < -0.39 is 11.4 Å². The molecule has 0 radical (unpaired) electrons. The Balaban J connectivity index is 1.59. The third-order valence-corrected chi connectivity index (χ3v) is 5.70. The van der Waals surface area contributed by atoms with Crippen LogP contribution < -0.4 is 9.80 Å². The normalized spacial score (nSPS) is 17.4. The predicted octanol–water partition coefficient (Wildman–Crippen LogP) is 4.27. The molecular weight excluding hydrogens is 413 g/mol. The average Bonchev–Trinajstić information content (AvgIpc) is 2.73. The summed E-state index contributed by atoms with van der Waals surface area (Å²) in [6.07, 6.45) is 3.86. The van der Waals surface area contributed by atoms with Crippen LogP contribution in [-0.2, 0) is 11.3 Å². The van der Waals surface area contributed by atoms with Crippen LogP contribution in [0.5, 0.6) is 0 Å². The largest absolute Gasteiger partial charge is 0.444 e. The Morgan fingerprint density at radius 3 is 2.59 bits per heavy atom. The lowest BCUT2D eigenvalue weighted by atomic mass is 10.0. The van der Waals surface area contributed by atoms with Crippen LogP contribution in [0.25, 0.3) is 0 Å². The van der Waals surface area contributed by atoms with Crippen LogP contribution in [0.3, 0.4) is 0 Å². The number of fused-ring (bicyclic) bond motifs is 1. The van der Waals surface area contributed by atoms with Gasteiger partial charge in [0.25, 0.3) is 0 Å². The predicted molar refractivity (Wildman–Crippen MR) is 118 cm³/mol. The van der Waals surface area contributed by atoms with Gasteiger partial charge >= 0.3 is 12.1 Å². The number of carbonyl (C=O) groups is 2. The first kappa shape index (κ1) is 22.0. The lowest BCUT2D eigenvalue weighted by Crippen LogP contribution is -2.56. The van der Waals surface area contributed by atoms with Crippen LogP contribution >= 0.6 is 0 Å². The Morgan fingerprint density at radius 1 is 1.22 bits per heavy atom. The number of para-hydroxylation sites is 1. The number of aromatic nitrogens is 2. The molecule has 0 aliphatic carbocycles. The van der Waals surface area contributed by atoms with Crippen molar-refractivity contribution in [3.8, 4) is 0 Å². The lowest BCUT2D eigenvalue weighted by Gasteiger charge is -2.43. The van der Waals surface area contributed by atoms with Crippen molar-refractivity contribution in [2.75, 3.05) is 22.9 Å². The molecule has 0 spiro atoms. The molecule has 2 aliphatic heterocycles. The zero-order chi connectivity index (χ0) is 23.0. The smallest absolute Gasteiger partial charge is 0.410 e. The maximum atomic E-state index is 14.7. The molecule has 0 saturated carbocycles. The van der Waals surface area contributed by atoms with Crippen molar-refractivity contribution in [3.05, 3.63) is 47.7 Å². The van der Waals surface area contributed by atoms with Crippen LogP contribution in [0.1, 0.15) is 44.7 Å². The quantitative estimate of drug-likeness (QED) is 0.695. The zero-order valence-electron chi connectivity index (χ0n) is 18.8. The van der Waals surface area contributed by atoms with Gasteiger partial charge in [0.15, 0.2) is 0 Å². The second-order valence-electron chi connectivity index (χ2n) is 9.21. The molecule has 4 rings (SSSR count). The minimum Gasteiger partial charge on any atom is -0.444 e. The number of hydrogen-bond donors (Lipinski definition) is 0. The Morgan fingerprint density at radius 2 is 1.94 bits per heavy atom.